The number of rotatable bonds is 7. The number of hydrogen-bond acceptors (Lipinski definition) is 5. The van der Waals surface area contributed by atoms with E-state index in [-0.39, 0.29) is 24.3 Å². The molecule has 1 aromatic heterocycles. The average molecular weight is 344 g/mol. The number of nitrogens with zero attached hydrogens (tertiary/aromatic N) is 1. The number of amides is 1. The largest absolute Gasteiger partial charge is 0.469 e. The predicted molar refractivity (Wildman–Crippen MR) is 94.5 cm³/mol. The van der Waals surface area contributed by atoms with Gasteiger partial charge in [-0.2, -0.15) is 0 Å². The molecule has 1 heterocycles. The SMILES string of the molecule is COC(=O)CCC(NC(=O)C=Cc1cnc(C)s1)c1ccccc1. The zero-order valence-electron chi connectivity index (χ0n) is 13.7. The molecule has 5 nitrogen and oxygen atoms in total. The number of benzene rings is 1. The van der Waals surface area contributed by atoms with Gasteiger partial charge in [0.25, 0.3) is 0 Å². The minimum Gasteiger partial charge on any atom is -0.469 e. The monoisotopic (exact) mass is 344 g/mol. The van der Waals surface area contributed by atoms with E-state index >= 15 is 0 Å². The summed E-state index contributed by atoms with van der Waals surface area (Å²) in [5.74, 6) is -0.499. The molecule has 1 atom stereocenters. The molecule has 0 aliphatic heterocycles. The van der Waals surface area contributed by atoms with Crippen molar-refractivity contribution in [2.45, 2.75) is 25.8 Å². The average Bonchev–Trinajstić information content (AvgIpc) is 3.02. The van der Waals surface area contributed by atoms with Crippen LogP contribution in [0, 0.1) is 6.92 Å². The van der Waals surface area contributed by atoms with Crippen LogP contribution in [0.25, 0.3) is 6.08 Å². The van der Waals surface area contributed by atoms with Gasteiger partial charge in [-0.3, -0.25) is 9.59 Å². The fraction of sp³-hybridized carbons (Fsp3) is 0.278. The van der Waals surface area contributed by atoms with Crippen molar-refractivity contribution >= 4 is 29.3 Å². The second-order valence-corrected chi connectivity index (χ2v) is 6.47. The van der Waals surface area contributed by atoms with Crippen molar-refractivity contribution in [2.75, 3.05) is 7.11 Å². The highest BCUT2D eigenvalue weighted by molar-refractivity contribution is 7.12. The van der Waals surface area contributed by atoms with Gasteiger partial charge >= 0.3 is 5.97 Å². The van der Waals surface area contributed by atoms with Gasteiger partial charge in [-0.15, -0.1) is 11.3 Å². The van der Waals surface area contributed by atoms with E-state index in [1.54, 1.807) is 12.3 Å². The Kier molecular flexibility index (Phi) is 6.69. The Bertz CT molecular complexity index is 710. The lowest BCUT2D eigenvalue weighted by Gasteiger charge is -2.17. The van der Waals surface area contributed by atoms with Crippen LogP contribution in [0.15, 0.2) is 42.6 Å². The number of ether oxygens (including phenoxy) is 1. The lowest BCUT2D eigenvalue weighted by atomic mass is 10.0. The summed E-state index contributed by atoms with van der Waals surface area (Å²) in [5, 5.41) is 3.89. The summed E-state index contributed by atoms with van der Waals surface area (Å²) in [6.07, 6.45) is 5.68. The van der Waals surface area contributed by atoms with Gasteiger partial charge < -0.3 is 10.1 Å². The quantitative estimate of drug-likeness (QED) is 0.618. The Hall–Kier alpha value is -2.47. The summed E-state index contributed by atoms with van der Waals surface area (Å²) in [5.41, 5.74) is 0.955. The molecule has 1 unspecified atom stereocenters. The Morgan fingerprint density at radius 1 is 1.33 bits per heavy atom. The van der Waals surface area contributed by atoms with E-state index in [0.29, 0.717) is 6.42 Å². The first-order valence-corrected chi connectivity index (χ1v) is 8.43. The molecule has 0 bridgehead atoms. The standard InChI is InChI=1S/C18H20N2O3S/c1-13-19-12-15(24-13)8-10-17(21)20-16(9-11-18(22)23-2)14-6-4-3-5-7-14/h3-8,10,12,16H,9,11H2,1-2H3,(H,20,21). The number of hydrogen-bond donors (Lipinski definition) is 1. The van der Waals surface area contributed by atoms with E-state index in [0.717, 1.165) is 15.4 Å². The van der Waals surface area contributed by atoms with Crippen LogP contribution in [-0.2, 0) is 14.3 Å². The molecule has 0 aliphatic carbocycles. The predicted octanol–water partition coefficient (Wildman–Crippen LogP) is 3.28. The molecular weight excluding hydrogens is 324 g/mol. The Morgan fingerprint density at radius 2 is 2.08 bits per heavy atom. The molecule has 0 saturated carbocycles. The molecule has 6 heteroatoms. The summed E-state index contributed by atoms with van der Waals surface area (Å²) in [6, 6.07) is 9.34. The molecule has 0 spiro atoms. The Morgan fingerprint density at radius 3 is 2.71 bits per heavy atom. The number of thiazole rings is 1. The Balaban J connectivity index is 2.02. The van der Waals surface area contributed by atoms with Crippen LogP contribution in [0.2, 0.25) is 0 Å². The Labute approximate surface area is 145 Å². The number of carbonyl (C=O) groups excluding carboxylic acids is 2. The normalized spacial score (nSPS) is 12.1. The van der Waals surface area contributed by atoms with E-state index in [1.807, 2.05) is 37.3 Å². The summed E-state index contributed by atoms with van der Waals surface area (Å²) >= 11 is 1.52. The van der Waals surface area contributed by atoms with Crippen molar-refractivity contribution < 1.29 is 14.3 Å². The van der Waals surface area contributed by atoms with Crippen molar-refractivity contribution in [3.8, 4) is 0 Å². The first-order valence-electron chi connectivity index (χ1n) is 7.61. The summed E-state index contributed by atoms with van der Waals surface area (Å²) in [6.45, 7) is 1.92. The zero-order valence-corrected chi connectivity index (χ0v) is 14.5. The number of esters is 1. The number of methoxy groups -OCH3 is 1. The van der Waals surface area contributed by atoms with Crippen molar-refractivity contribution in [1.82, 2.24) is 10.3 Å². The highest BCUT2D eigenvalue weighted by atomic mass is 32.1. The first-order chi connectivity index (χ1) is 11.6. The maximum absolute atomic E-state index is 12.2. The lowest BCUT2D eigenvalue weighted by molar-refractivity contribution is -0.141. The number of carbonyl (C=O) groups is 2. The number of nitrogens with one attached hydrogen (secondary N) is 1. The second-order valence-electron chi connectivity index (χ2n) is 5.20. The van der Waals surface area contributed by atoms with Crippen LogP contribution in [0.1, 0.15) is 34.3 Å². The lowest BCUT2D eigenvalue weighted by Crippen LogP contribution is -2.27. The highest BCUT2D eigenvalue weighted by Gasteiger charge is 2.15. The molecule has 0 aliphatic rings. The van der Waals surface area contributed by atoms with Gasteiger partial charge in [0, 0.05) is 23.6 Å². The van der Waals surface area contributed by atoms with Crippen LogP contribution in [0.3, 0.4) is 0 Å². The second kappa shape index (κ2) is 8.98. The molecule has 2 rings (SSSR count). The van der Waals surface area contributed by atoms with E-state index in [2.05, 4.69) is 15.0 Å². The maximum Gasteiger partial charge on any atom is 0.305 e. The van der Waals surface area contributed by atoms with Gasteiger partial charge in [0.1, 0.15) is 0 Å². The van der Waals surface area contributed by atoms with Gasteiger partial charge in [0.15, 0.2) is 0 Å². The third-order valence-electron chi connectivity index (χ3n) is 3.42. The van der Waals surface area contributed by atoms with Crippen molar-refractivity contribution in [1.29, 1.82) is 0 Å². The van der Waals surface area contributed by atoms with Crippen molar-refractivity contribution in [3.05, 3.63) is 58.1 Å². The van der Waals surface area contributed by atoms with E-state index in [9.17, 15) is 9.59 Å². The third-order valence-corrected chi connectivity index (χ3v) is 4.30. The van der Waals surface area contributed by atoms with Crippen LogP contribution < -0.4 is 5.32 Å². The zero-order chi connectivity index (χ0) is 17.4. The number of aryl methyl sites for hydroxylation is 1. The van der Waals surface area contributed by atoms with Crippen LogP contribution in [0.5, 0.6) is 0 Å². The molecule has 0 radical (unpaired) electrons. The third kappa shape index (κ3) is 5.62. The topological polar surface area (TPSA) is 68.3 Å². The summed E-state index contributed by atoms with van der Waals surface area (Å²) in [4.78, 5) is 28.7. The highest BCUT2D eigenvalue weighted by Crippen LogP contribution is 2.19. The van der Waals surface area contributed by atoms with Crippen LogP contribution >= 0.6 is 11.3 Å². The fourth-order valence-electron chi connectivity index (χ4n) is 2.20. The van der Waals surface area contributed by atoms with Crippen LogP contribution in [-0.4, -0.2) is 24.0 Å². The smallest absolute Gasteiger partial charge is 0.305 e. The van der Waals surface area contributed by atoms with Gasteiger partial charge in [-0.1, -0.05) is 30.3 Å². The van der Waals surface area contributed by atoms with E-state index in [1.165, 1.54) is 24.5 Å². The molecule has 2 aromatic rings. The first kappa shape index (κ1) is 17.9. The fourth-order valence-corrected chi connectivity index (χ4v) is 2.89. The van der Waals surface area contributed by atoms with Crippen molar-refractivity contribution in [2.24, 2.45) is 0 Å². The summed E-state index contributed by atoms with van der Waals surface area (Å²) < 4.78 is 4.68. The van der Waals surface area contributed by atoms with Gasteiger partial charge in [0.05, 0.1) is 18.2 Å². The van der Waals surface area contributed by atoms with Crippen LogP contribution in [0.4, 0.5) is 0 Å². The molecule has 0 saturated heterocycles. The molecule has 1 aromatic carbocycles. The molecular formula is C18H20N2O3S. The van der Waals surface area contributed by atoms with Gasteiger partial charge in [-0.25, -0.2) is 4.98 Å². The minimum atomic E-state index is -0.291. The molecule has 24 heavy (non-hydrogen) atoms. The molecule has 1 amide bonds. The maximum atomic E-state index is 12.2. The molecule has 0 fully saturated rings. The van der Waals surface area contributed by atoms with E-state index in [4.69, 9.17) is 0 Å². The van der Waals surface area contributed by atoms with Gasteiger partial charge in [0.2, 0.25) is 5.91 Å². The van der Waals surface area contributed by atoms with Crippen molar-refractivity contribution in [3.63, 3.8) is 0 Å². The molecule has 126 valence electrons. The van der Waals surface area contributed by atoms with Gasteiger partial charge in [-0.05, 0) is 25.0 Å². The number of aromatic nitrogens is 1. The minimum absolute atomic E-state index is 0.209. The molecule has 1 N–H and O–H groups in total. The van der Waals surface area contributed by atoms with E-state index < -0.39 is 0 Å². The summed E-state index contributed by atoms with van der Waals surface area (Å²) in [7, 11) is 1.36.